The number of benzene rings is 1. The molecule has 0 aromatic heterocycles. The Labute approximate surface area is 122 Å². The highest BCUT2D eigenvalue weighted by molar-refractivity contribution is 5.96. The number of amides is 2. The van der Waals surface area contributed by atoms with Crippen molar-refractivity contribution in [2.75, 3.05) is 13.7 Å². The van der Waals surface area contributed by atoms with Crippen LogP contribution in [0.1, 0.15) is 33.8 Å². The van der Waals surface area contributed by atoms with E-state index in [1.54, 1.807) is 0 Å². The van der Waals surface area contributed by atoms with Gasteiger partial charge in [0.1, 0.15) is 5.82 Å². The molecule has 0 heterocycles. The van der Waals surface area contributed by atoms with E-state index in [1.807, 2.05) is 5.32 Å². The summed E-state index contributed by atoms with van der Waals surface area (Å²) in [5, 5.41) is 2.05. The van der Waals surface area contributed by atoms with E-state index in [2.05, 4.69) is 0 Å². The summed E-state index contributed by atoms with van der Waals surface area (Å²) in [6.45, 7) is -1.14. The van der Waals surface area contributed by atoms with Gasteiger partial charge in [0.2, 0.25) is 11.8 Å². The number of hydrogen-bond donors (Lipinski definition) is 2. The molecular formula is C13H13F5N2O2. The van der Waals surface area contributed by atoms with Crippen LogP contribution in [0.3, 0.4) is 0 Å². The van der Waals surface area contributed by atoms with Crippen molar-refractivity contribution < 1.29 is 31.5 Å². The molecule has 0 aliphatic rings. The number of rotatable bonds is 5. The maximum absolute atomic E-state index is 13.9. The maximum atomic E-state index is 13.9. The molecular weight excluding hydrogens is 311 g/mol. The molecule has 1 aromatic rings. The van der Waals surface area contributed by atoms with E-state index in [9.17, 15) is 31.5 Å². The number of primary amides is 1. The van der Waals surface area contributed by atoms with E-state index in [4.69, 9.17) is 5.73 Å². The molecule has 2 amide bonds. The number of likely N-dealkylation sites (N-methyl/N-ethyl adjacent to an activating group) is 1. The minimum absolute atomic E-state index is 0.584. The lowest BCUT2D eigenvalue weighted by atomic mass is 9.87. The molecule has 1 rings (SSSR count). The van der Waals surface area contributed by atoms with Gasteiger partial charge in [0.05, 0.1) is 23.7 Å². The molecule has 3 N–H and O–H groups in total. The second kappa shape index (κ2) is 6.71. The molecule has 0 radical (unpaired) electrons. The highest BCUT2D eigenvalue weighted by Gasteiger charge is 2.42. The third-order valence-electron chi connectivity index (χ3n) is 3.05. The summed E-state index contributed by atoms with van der Waals surface area (Å²) in [5.41, 5.74) is 1.17. The molecule has 0 saturated heterocycles. The zero-order valence-electron chi connectivity index (χ0n) is 11.4. The summed E-state index contributed by atoms with van der Waals surface area (Å²) in [5.74, 6) is -5.52. The fourth-order valence-electron chi connectivity index (χ4n) is 2.14. The SMILES string of the molecule is CNC(=O)C(CCF)c1c(F)ccc(C(N)=O)c1C(F)(F)F. The lowest BCUT2D eigenvalue weighted by molar-refractivity contribution is -0.139. The van der Waals surface area contributed by atoms with Crippen LogP contribution < -0.4 is 11.1 Å². The Kier molecular flexibility index (Phi) is 5.45. The van der Waals surface area contributed by atoms with Crippen molar-refractivity contribution in [1.82, 2.24) is 5.32 Å². The Morgan fingerprint density at radius 3 is 2.32 bits per heavy atom. The predicted molar refractivity (Wildman–Crippen MR) is 67.3 cm³/mol. The van der Waals surface area contributed by atoms with Gasteiger partial charge >= 0.3 is 6.18 Å². The minimum Gasteiger partial charge on any atom is -0.366 e. The van der Waals surface area contributed by atoms with E-state index >= 15 is 0 Å². The van der Waals surface area contributed by atoms with E-state index < -0.39 is 59.5 Å². The molecule has 0 aliphatic heterocycles. The van der Waals surface area contributed by atoms with Crippen LogP contribution in [0, 0.1) is 5.82 Å². The summed E-state index contributed by atoms with van der Waals surface area (Å²) in [4.78, 5) is 22.9. The molecule has 122 valence electrons. The van der Waals surface area contributed by atoms with Gasteiger partial charge in [-0.15, -0.1) is 0 Å². The Morgan fingerprint density at radius 1 is 1.32 bits per heavy atom. The molecule has 22 heavy (non-hydrogen) atoms. The van der Waals surface area contributed by atoms with E-state index in [-0.39, 0.29) is 0 Å². The first-order chi connectivity index (χ1) is 10.1. The Balaban J connectivity index is 3.73. The predicted octanol–water partition coefficient (Wildman–Crippen LogP) is 2.13. The molecule has 9 heteroatoms. The third kappa shape index (κ3) is 3.52. The smallest absolute Gasteiger partial charge is 0.366 e. The molecule has 0 bridgehead atoms. The zero-order valence-corrected chi connectivity index (χ0v) is 11.4. The van der Waals surface area contributed by atoms with E-state index in [0.29, 0.717) is 12.1 Å². The van der Waals surface area contributed by atoms with Crippen LogP contribution in [0.25, 0.3) is 0 Å². The number of nitrogens with two attached hydrogens (primary N) is 1. The van der Waals surface area contributed by atoms with Crippen LogP contribution in [0.5, 0.6) is 0 Å². The van der Waals surface area contributed by atoms with Crippen molar-refractivity contribution >= 4 is 11.8 Å². The normalized spacial score (nSPS) is 12.8. The number of nitrogens with one attached hydrogen (secondary N) is 1. The Bertz CT molecular complexity index is 587. The van der Waals surface area contributed by atoms with Gasteiger partial charge in [-0.1, -0.05) is 0 Å². The molecule has 0 saturated carbocycles. The van der Waals surface area contributed by atoms with Gasteiger partial charge in [-0.05, 0) is 18.6 Å². The summed E-state index contributed by atoms with van der Waals surface area (Å²) >= 11 is 0. The van der Waals surface area contributed by atoms with Crippen LogP contribution in [0.4, 0.5) is 22.0 Å². The van der Waals surface area contributed by atoms with Crippen molar-refractivity contribution in [1.29, 1.82) is 0 Å². The molecule has 0 spiro atoms. The van der Waals surface area contributed by atoms with Crippen LogP contribution in [0.2, 0.25) is 0 Å². The topological polar surface area (TPSA) is 72.2 Å². The molecule has 1 atom stereocenters. The second-order valence-corrected chi connectivity index (χ2v) is 4.39. The van der Waals surface area contributed by atoms with E-state index in [1.165, 1.54) is 0 Å². The van der Waals surface area contributed by atoms with Crippen molar-refractivity contribution in [3.63, 3.8) is 0 Å². The zero-order chi connectivity index (χ0) is 17.1. The number of carbonyl (C=O) groups excluding carboxylic acids is 2. The minimum atomic E-state index is -5.13. The number of carbonyl (C=O) groups is 2. The average Bonchev–Trinajstić information content (AvgIpc) is 2.42. The number of halogens is 5. The fraction of sp³-hybridized carbons (Fsp3) is 0.385. The van der Waals surface area contributed by atoms with E-state index in [0.717, 1.165) is 7.05 Å². The lowest BCUT2D eigenvalue weighted by Gasteiger charge is -2.22. The summed E-state index contributed by atoms with van der Waals surface area (Å²) in [6, 6.07) is 1.18. The molecule has 1 aromatic carbocycles. The largest absolute Gasteiger partial charge is 0.417 e. The first kappa shape index (κ1) is 17.9. The van der Waals surface area contributed by atoms with Gasteiger partial charge in [0.15, 0.2) is 0 Å². The van der Waals surface area contributed by atoms with Crippen LogP contribution >= 0.6 is 0 Å². The van der Waals surface area contributed by atoms with Crippen molar-refractivity contribution in [2.45, 2.75) is 18.5 Å². The molecule has 1 unspecified atom stereocenters. The average molecular weight is 324 g/mol. The monoisotopic (exact) mass is 324 g/mol. The van der Waals surface area contributed by atoms with Crippen molar-refractivity contribution in [3.05, 3.63) is 34.6 Å². The molecule has 4 nitrogen and oxygen atoms in total. The number of hydrogen-bond acceptors (Lipinski definition) is 2. The van der Waals surface area contributed by atoms with Crippen LogP contribution in [-0.4, -0.2) is 25.5 Å². The first-order valence-electron chi connectivity index (χ1n) is 6.12. The summed E-state index contributed by atoms with van der Waals surface area (Å²) < 4.78 is 66.2. The fourth-order valence-corrected chi connectivity index (χ4v) is 2.14. The van der Waals surface area contributed by atoms with Gasteiger partial charge in [0, 0.05) is 12.6 Å². The van der Waals surface area contributed by atoms with Gasteiger partial charge in [0.25, 0.3) is 0 Å². The lowest BCUT2D eigenvalue weighted by Crippen LogP contribution is -2.30. The Morgan fingerprint density at radius 2 is 1.91 bits per heavy atom. The molecule has 0 aliphatic carbocycles. The van der Waals surface area contributed by atoms with Crippen LogP contribution in [-0.2, 0) is 11.0 Å². The summed E-state index contributed by atoms with van der Waals surface area (Å²) in [7, 11) is 1.12. The highest BCUT2D eigenvalue weighted by atomic mass is 19.4. The van der Waals surface area contributed by atoms with Crippen LogP contribution in [0.15, 0.2) is 12.1 Å². The Hall–Kier alpha value is -2.19. The van der Waals surface area contributed by atoms with Crippen molar-refractivity contribution in [2.24, 2.45) is 5.73 Å². The van der Waals surface area contributed by atoms with Crippen molar-refractivity contribution in [3.8, 4) is 0 Å². The quantitative estimate of drug-likeness (QED) is 0.815. The highest BCUT2D eigenvalue weighted by Crippen LogP contribution is 2.40. The van der Waals surface area contributed by atoms with Gasteiger partial charge in [-0.25, -0.2) is 4.39 Å². The first-order valence-corrected chi connectivity index (χ1v) is 6.12. The maximum Gasteiger partial charge on any atom is 0.417 e. The van der Waals surface area contributed by atoms with Gasteiger partial charge < -0.3 is 11.1 Å². The second-order valence-electron chi connectivity index (χ2n) is 4.39. The third-order valence-corrected chi connectivity index (χ3v) is 3.05. The van der Waals surface area contributed by atoms with Gasteiger partial charge in [-0.3, -0.25) is 14.0 Å². The summed E-state index contributed by atoms with van der Waals surface area (Å²) in [6.07, 6.45) is -5.80. The number of alkyl halides is 4. The molecule has 0 fully saturated rings. The van der Waals surface area contributed by atoms with Gasteiger partial charge in [-0.2, -0.15) is 13.2 Å². The standard InChI is InChI=1S/C13H13F5N2O2/c1-20-12(22)6(4-5-14)9-8(15)3-2-7(11(19)21)10(9)13(16,17)18/h2-3,6H,4-5H2,1H3,(H2,19,21)(H,20,22).